The number of hydrogen-bond acceptors (Lipinski definition) is 5. The van der Waals surface area contributed by atoms with Gasteiger partial charge in [-0.25, -0.2) is 13.1 Å². The van der Waals surface area contributed by atoms with Crippen molar-refractivity contribution in [1.82, 2.24) is 15.0 Å². The maximum absolute atomic E-state index is 11.2. The number of nitrogens with zero attached hydrogens (tertiary/aromatic N) is 1. The van der Waals surface area contributed by atoms with Crippen LogP contribution in [0.5, 0.6) is 0 Å². The van der Waals surface area contributed by atoms with Gasteiger partial charge in [0.1, 0.15) is 0 Å². The van der Waals surface area contributed by atoms with E-state index in [2.05, 4.69) is 15.0 Å². The molecule has 0 aliphatic rings. The summed E-state index contributed by atoms with van der Waals surface area (Å²) in [6.45, 7) is 6.28. The van der Waals surface area contributed by atoms with Gasteiger partial charge in [-0.1, -0.05) is 0 Å². The van der Waals surface area contributed by atoms with E-state index in [4.69, 9.17) is 0 Å². The molecule has 0 spiro atoms. The van der Waals surface area contributed by atoms with Crippen molar-refractivity contribution in [2.75, 3.05) is 12.8 Å². The molecule has 0 amide bonds. The Bertz CT molecular complexity index is 440. The zero-order chi connectivity index (χ0) is 13.1. The van der Waals surface area contributed by atoms with Gasteiger partial charge in [0.25, 0.3) is 0 Å². The third-order valence-corrected chi connectivity index (χ3v) is 4.07. The summed E-state index contributed by atoms with van der Waals surface area (Å²) in [5, 5.41) is 3.29. The number of nitrogens with one attached hydrogen (secondary N) is 2. The van der Waals surface area contributed by atoms with Crippen LogP contribution in [-0.4, -0.2) is 31.7 Å². The van der Waals surface area contributed by atoms with Gasteiger partial charge in [-0.3, -0.25) is 4.98 Å². The minimum atomic E-state index is -3.18. The zero-order valence-corrected chi connectivity index (χ0v) is 12.2. The number of sulfonamides is 1. The van der Waals surface area contributed by atoms with Crippen LogP contribution in [0.3, 0.4) is 0 Å². The van der Waals surface area contributed by atoms with Gasteiger partial charge in [0, 0.05) is 29.2 Å². The average Bonchev–Trinajstić information content (AvgIpc) is 2.63. The van der Waals surface area contributed by atoms with Crippen molar-refractivity contribution in [2.24, 2.45) is 0 Å². The fourth-order valence-corrected chi connectivity index (χ4v) is 3.21. The van der Waals surface area contributed by atoms with Gasteiger partial charge in [-0.15, -0.1) is 11.3 Å². The highest BCUT2D eigenvalue weighted by molar-refractivity contribution is 7.88. The molecule has 2 N–H and O–H groups in total. The predicted octanol–water partition coefficient (Wildman–Crippen LogP) is 1.12. The second kappa shape index (κ2) is 5.43. The van der Waals surface area contributed by atoms with Crippen molar-refractivity contribution in [3.8, 4) is 0 Å². The predicted molar refractivity (Wildman–Crippen MR) is 70.6 cm³/mol. The third kappa shape index (κ3) is 5.58. The smallest absolute Gasteiger partial charge is 0.209 e. The molecule has 5 nitrogen and oxygen atoms in total. The molecule has 0 aromatic carbocycles. The number of aromatic nitrogens is 1. The molecule has 7 heteroatoms. The monoisotopic (exact) mass is 277 g/mol. The van der Waals surface area contributed by atoms with Gasteiger partial charge in [0.2, 0.25) is 10.0 Å². The third-order valence-electron chi connectivity index (χ3n) is 2.19. The number of rotatable bonds is 6. The molecule has 0 fully saturated rings. The Labute approximate surface area is 107 Å². The molecule has 0 saturated heterocycles. The molecule has 1 aromatic rings. The second-order valence-electron chi connectivity index (χ2n) is 4.76. The van der Waals surface area contributed by atoms with Crippen molar-refractivity contribution < 1.29 is 8.42 Å². The maximum atomic E-state index is 11.2. The minimum absolute atomic E-state index is 0.170. The summed E-state index contributed by atoms with van der Waals surface area (Å²) in [6.07, 6.45) is 2.99. The molecule has 0 bridgehead atoms. The van der Waals surface area contributed by atoms with Crippen LogP contribution in [-0.2, 0) is 10.0 Å². The lowest BCUT2D eigenvalue weighted by Gasteiger charge is -2.27. The Balaban J connectivity index is 2.50. The summed E-state index contributed by atoms with van der Waals surface area (Å²) >= 11 is 1.58. The average molecular weight is 277 g/mol. The van der Waals surface area contributed by atoms with Crippen LogP contribution in [0, 0.1) is 0 Å². The summed E-state index contributed by atoms with van der Waals surface area (Å²) in [6, 6.07) is 0.170. The molecule has 1 aromatic heterocycles. The Morgan fingerprint density at radius 3 is 2.65 bits per heavy atom. The largest absolute Gasteiger partial charge is 0.308 e. The van der Waals surface area contributed by atoms with Crippen molar-refractivity contribution in [1.29, 1.82) is 0 Å². The first-order valence-electron chi connectivity index (χ1n) is 5.30. The molecule has 1 rings (SSSR count). The van der Waals surface area contributed by atoms with Gasteiger partial charge >= 0.3 is 0 Å². The first-order chi connectivity index (χ1) is 7.70. The molecule has 0 aliphatic heterocycles. The number of thiazole rings is 1. The van der Waals surface area contributed by atoms with Crippen molar-refractivity contribution in [3.63, 3.8) is 0 Å². The van der Waals surface area contributed by atoms with Crippen LogP contribution in [0.25, 0.3) is 0 Å². The van der Waals surface area contributed by atoms with E-state index in [1.807, 2.05) is 27.0 Å². The summed E-state index contributed by atoms with van der Waals surface area (Å²) < 4.78 is 24.9. The molecule has 17 heavy (non-hydrogen) atoms. The van der Waals surface area contributed by atoms with E-state index < -0.39 is 15.6 Å². The molecule has 1 unspecified atom stereocenters. The Kier molecular flexibility index (Phi) is 4.65. The van der Waals surface area contributed by atoms with Crippen molar-refractivity contribution in [2.45, 2.75) is 32.4 Å². The Hall–Kier alpha value is -0.500. The molecule has 1 heterocycles. The minimum Gasteiger partial charge on any atom is -0.308 e. The Morgan fingerprint density at radius 2 is 2.18 bits per heavy atom. The lowest BCUT2D eigenvalue weighted by Crippen LogP contribution is -2.50. The van der Waals surface area contributed by atoms with E-state index in [-0.39, 0.29) is 6.04 Å². The van der Waals surface area contributed by atoms with E-state index >= 15 is 0 Å². The Morgan fingerprint density at radius 1 is 1.53 bits per heavy atom. The molecule has 1 atom stereocenters. The molecular weight excluding hydrogens is 258 g/mol. The maximum Gasteiger partial charge on any atom is 0.209 e. The highest BCUT2D eigenvalue weighted by Gasteiger charge is 2.22. The van der Waals surface area contributed by atoms with Gasteiger partial charge < -0.3 is 5.32 Å². The quantitative estimate of drug-likeness (QED) is 0.817. The first kappa shape index (κ1) is 14.6. The molecule has 98 valence electrons. The van der Waals surface area contributed by atoms with E-state index in [9.17, 15) is 8.42 Å². The summed E-state index contributed by atoms with van der Waals surface area (Å²) in [5.74, 6) is 0. The number of hydrogen-bond donors (Lipinski definition) is 2. The summed E-state index contributed by atoms with van der Waals surface area (Å²) in [7, 11) is -3.18. The molecule has 0 aliphatic carbocycles. The zero-order valence-electron chi connectivity index (χ0n) is 10.5. The van der Waals surface area contributed by atoms with Crippen LogP contribution < -0.4 is 10.0 Å². The fourth-order valence-electron chi connectivity index (χ4n) is 1.49. The lowest BCUT2D eigenvalue weighted by molar-refractivity contribution is 0.400. The molecule has 0 saturated carbocycles. The van der Waals surface area contributed by atoms with Crippen LogP contribution in [0.1, 0.15) is 31.7 Å². The van der Waals surface area contributed by atoms with Crippen LogP contribution in [0.15, 0.2) is 11.7 Å². The topological polar surface area (TPSA) is 71.1 Å². The van der Waals surface area contributed by atoms with Gasteiger partial charge in [-0.05, 0) is 20.8 Å². The standard InChI is InChI=1S/C10H19N3O2S2/c1-8(9-5-11-7-16-9)12-6-10(2,3)13-17(4,14)15/h5,7-8,12-13H,6H2,1-4H3. The van der Waals surface area contributed by atoms with Gasteiger partial charge in [0.05, 0.1) is 11.8 Å². The van der Waals surface area contributed by atoms with E-state index in [0.717, 1.165) is 4.88 Å². The summed E-state index contributed by atoms with van der Waals surface area (Å²) in [5.41, 5.74) is 1.28. The summed E-state index contributed by atoms with van der Waals surface area (Å²) in [4.78, 5) is 5.15. The normalized spacial score (nSPS) is 14.8. The van der Waals surface area contributed by atoms with Gasteiger partial charge in [0.15, 0.2) is 0 Å². The van der Waals surface area contributed by atoms with Crippen LogP contribution in [0.2, 0.25) is 0 Å². The van der Waals surface area contributed by atoms with Crippen LogP contribution in [0.4, 0.5) is 0 Å². The van der Waals surface area contributed by atoms with E-state index in [1.54, 1.807) is 16.8 Å². The second-order valence-corrected chi connectivity index (χ2v) is 7.43. The van der Waals surface area contributed by atoms with Gasteiger partial charge in [-0.2, -0.15) is 0 Å². The van der Waals surface area contributed by atoms with Crippen molar-refractivity contribution in [3.05, 3.63) is 16.6 Å². The highest BCUT2D eigenvalue weighted by atomic mass is 32.2. The fraction of sp³-hybridized carbons (Fsp3) is 0.700. The van der Waals surface area contributed by atoms with Crippen molar-refractivity contribution >= 4 is 21.4 Å². The lowest BCUT2D eigenvalue weighted by atomic mass is 10.1. The SMILES string of the molecule is CC(NCC(C)(C)NS(C)(=O)=O)c1cncs1. The van der Waals surface area contributed by atoms with Crippen LogP contribution >= 0.6 is 11.3 Å². The van der Waals surface area contributed by atoms with E-state index in [1.165, 1.54) is 6.26 Å². The molecular formula is C10H19N3O2S2. The highest BCUT2D eigenvalue weighted by Crippen LogP contribution is 2.16. The first-order valence-corrected chi connectivity index (χ1v) is 8.07. The van der Waals surface area contributed by atoms with E-state index in [0.29, 0.717) is 6.54 Å². The molecule has 0 radical (unpaired) electrons.